The first-order valence-corrected chi connectivity index (χ1v) is 13.2. The zero-order valence-corrected chi connectivity index (χ0v) is 21.7. The Morgan fingerprint density at radius 2 is 1.78 bits per heavy atom. The lowest BCUT2D eigenvalue weighted by Crippen LogP contribution is -2.43. The van der Waals surface area contributed by atoms with Gasteiger partial charge in [-0.15, -0.1) is 0 Å². The summed E-state index contributed by atoms with van der Waals surface area (Å²) in [5, 5.41) is 1.24. The van der Waals surface area contributed by atoms with Crippen LogP contribution in [0.2, 0.25) is 5.02 Å². The molecule has 0 aliphatic carbocycles. The van der Waals surface area contributed by atoms with Crippen molar-refractivity contribution in [1.82, 2.24) is 9.88 Å². The summed E-state index contributed by atoms with van der Waals surface area (Å²) < 4.78 is 11.8. The lowest BCUT2D eigenvalue weighted by Gasteiger charge is -2.29. The van der Waals surface area contributed by atoms with Crippen LogP contribution in [0.25, 0.3) is 21.3 Å². The number of anilines is 1. The molecular formula is C28H28ClN3O3S. The molecule has 36 heavy (non-hydrogen) atoms. The third-order valence-electron chi connectivity index (χ3n) is 6.36. The zero-order valence-electron chi connectivity index (χ0n) is 20.2. The Morgan fingerprint density at radius 3 is 2.50 bits per heavy atom. The van der Waals surface area contributed by atoms with Crippen molar-refractivity contribution in [3.8, 4) is 16.9 Å². The van der Waals surface area contributed by atoms with Crippen LogP contribution in [0.1, 0.15) is 5.56 Å². The number of amides is 1. The van der Waals surface area contributed by atoms with E-state index in [1.807, 2.05) is 36.4 Å². The number of hydrogen-bond donors (Lipinski definition) is 0. The predicted octanol–water partition coefficient (Wildman–Crippen LogP) is 5.53. The van der Waals surface area contributed by atoms with E-state index >= 15 is 0 Å². The number of hydrogen-bond acceptors (Lipinski definition) is 6. The SMILES string of the molecule is COc1ccc(Cl)c2sc(N(CCN3CCOCC3)C(=O)Cc3ccc(-c4ccccc4)cc3)nc12. The quantitative estimate of drug-likeness (QED) is 0.305. The van der Waals surface area contributed by atoms with Crippen molar-refractivity contribution >= 4 is 44.2 Å². The van der Waals surface area contributed by atoms with Gasteiger partial charge in [-0.2, -0.15) is 0 Å². The molecule has 2 heterocycles. The van der Waals surface area contributed by atoms with Gasteiger partial charge in [0.2, 0.25) is 5.91 Å². The molecule has 1 aliphatic heterocycles. The Balaban J connectivity index is 1.39. The van der Waals surface area contributed by atoms with Crippen molar-refractivity contribution in [2.45, 2.75) is 6.42 Å². The second kappa shape index (κ2) is 11.4. The van der Waals surface area contributed by atoms with E-state index in [1.54, 1.807) is 18.1 Å². The van der Waals surface area contributed by atoms with Gasteiger partial charge >= 0.3 is 0 Å². The highest BCUT2D eigenvalue weighted by Gasteiger charge is 2.23. The minimum Gasteiger partial charge on any atom is -0.494 e. The van der Waals surface area contributed by atoms with Gasteiger partial charge in [-0.05, 0) is 28.8 Å². The number of fused-ring (bicyclic) bond motifs is 1. The molecule has 1 fully saturated rings. The average molecular weight is 522 g/mol. The average Bonchev–Trinajstić information content (AvgIpc) is 3.37. The minimum absolute atomic E-state index is 0.00451. The number of ether oxygens (including phenoxy) is 2. The van der Waals surface area contributed by atoms with Gasteiger partial charge in [-0.25, -0.2) is 4.98 Å². The van der Waals surface area contributed by atoms with Gasteiger partial charge < -0.3 is 9.47 Å². The fourth-order valence-corrected chi connectivity index (χ4v) is 5.63. The first-order valence-electron chi connectivity index (χ1n) is 12.0. The largest absolute Gasteiger partial charge is 0.494 e. The Kier molecular flexibility index (Phi) is 7.82. The monoisotopic (exact) mass is 521 g/mol. The van der Waals surface area contributed by atoms with E-state index in [2.05, 4.69) is 29.2 Å². The van der Waals surface area contributed by atoms with Crippen LogP contribution in [0.5, 0.6) is 5.75 Å². The smallest absolute Gasteiger partial charge is 0.233 e. The summed E-state index contributed by atoms with van der Waals surface area (Å²) in [6.07, 6.45) is 0.291. The number of rotatable bonds is 8. The fraction of sp³-hybridized carbons (Fsp3) is 0.286. The predicted molar refractivity (Wildman–Crippen MR) is 146 cm³/mol. The Labute approximate surface area is 220 Å². The number of carbonyl (C=O) groups is 1. The molecule has 0 N–H and O–H groups in total. The number of benzene rings is 3. The van der Waals surface area contributed by atoms with Crippen molar-refractivity contribution in [1.29, 1.82) is 0 Å². The summed E-state index contributed by atoms with van der Waals surface area (Å²) in [4.78, 5) is 22.5. The van der Waals surface area contributed by atoms with E-state index in [0.717, 1.165) is 54.2 Å². The van der Waals surface area contributed by atoms with Crippen LogP contribution < -0.4 is 9.64 Å². The van der Waals surface area contributed by atoms with Crippen LogP contribution in [0, 0.1) is 0 Å². The Hall–Kier alpha value is -2.97. The summed E-state index contributed by atoms with van der Waals surface area (Å²) in [5.41, 5.74) is 3.93. The van der Waals surface area contributed by atoms with E-state index in [4.69, 9.17) is 26.1 Å². The zero-order chi connectivity index (χ0) is 24.9. The van der Waals surface area contributed by atoms with Crippen LogP contribution in [-0.4, -0.2) is 62.3 Å². The second-order valence-electron chi connectivity index (χ2n) is 8.66. The molecule has 0 bridgehead atoms. The summed E-state index contributed by atoms with van der Waals surface area (Å²) in [5.74, 6) is 0.652. The molecule has 1 saturated heterocycles. The van der Waals surface area contributed by atoms with Crippen molar-refractivity contribution < 1.29 is 14.3 Å². The van der Waals surface area contributed by atoms with Crippen LogP contribution >= 0.6 is 22.9 Å². The summed E-state index contributed by atoms with van der Waals surface area (Å²) in [6.45, 7) is 4.46. The molecule has 0 saturated carbocycles. The maximum Gasteiger partial charge on any atom is 0.233 e. The van der Waals surface area contributed by atoms with Gasteiger partial charge in [-0.3, -0.25) is 14.6 Å². The van der Waals surface area contributed by atoms with Gasteiger partial charge in [0.1, 0.15) is 11.3 Å². The summed E-state index contributed by atoms with van der Waals surface area (Å²) in [7, 11) is 1.61. The number of thiazole rings is 1. The van der Waals surface area contributed by atoms with E-state index < -0.39 is 0 Å². The molecule has 0 unspecified atom stereocenters. The number of carbonyl (C=O) groups excluding carboxylic acids is 1. The van der Waals surface area contributed by atoms with Gasteiger partial charge in [0.25, 0.3) is 0 Å². The molecule has 3 aromatic carbocycles. The first kappa shape index (κ1) is 24.7. The third kappa shape index (κ3) is 5.55. The van der Waals surface area contributed by atoms with Crippen LogP contribution in [0.4, 0.5) is 5.13 Å². The van der Waals surface area contributed by atoms with Crippen molar-refractivity contribution in [3.63, 3.8) is 0 Å². The first-order chi connectivity index (χ1) is 17.6. The molecule has 4 aromatic rings. The number of nitrogens with zero attached hydrogens (tertiary/aromatic N) is 3. The number of halogens is 1. The fourth-order valence-electron chi connectivity index (χ4n) is 4.33. The molecule has 5 rings (SSSR count). The molecule has 6 nitrogen and oxygen atoms in total. The molecule has 0 spiro atoms. The normalized spacial score (nSPS) is 14.2. The third-order valence-corrected chi connectivity index (χ3v) is 7.90. The van der Waals surface area contributed by atoms with Gasteiger partial charge in [0.05, 0.1) is 36.5 Å². The molecule has 0 radical (unpaired) electrons. The maximum atomic E-state index is 13.6. The number of methoxy groups -OCH3 is 1. The summed E-state index contributed by atoms with van der Waals surface area (Å²) in [6, 6.07) is 22.0. The highest BCUT2D eigenvalue weighted by atomic mass is 35.5. The highest BCUT2D eigenvalue weighted by molar-refractivity contribution is 7.23. The second-order valence-corrected chi connectivity index (χ2v) is 10.0. The maximum absolute atomic E-state index is 13.6. The van der Waals surface area contributed by atoms with Crippen LogP contribution in [0.3, 0.4) is 0 Å². The van der Waals surface area contributed by atoms with Crippen molar-refractivity contribution in [3.05, 3.63) is 77.3 Å². The van der Waals surface area contributed by atoms with Crippen molar-refractivity contribution in [2.24, 2.45) is 0 Å². The van der Waals surface area contributed by atoms with E-state index in [0.29, 0.717) is 34.4 Å². The molecule has 0 atom stereocenters. The van der Waals surface area contributed by atoms with Crippen LogP contribution in [-0.2, 0) is 16.0 Å². The Bertz CT molecular complexity index is 1320. The van der Waals surface area contributed by atoms with Gasteiger partial charge in [0, 0.05) is 26.2 Å². The molecule has 8 heteroatoms. The molecular weight excluding hydrogens is 494 g/mol. The topological polar surface area (TPSA) is 54.9 Å². The minimum atomic E-state index is 0.00451. The molecule has 1 amide bonds. The van der Waals surface area contributed by atoms with E-state index in [1.165, 1.54) is 11.3 Å². The lowest BCUT2D eigenvalue weighted by molar-refractivity contribution is -0.118. The van der Waals surface area contributed by atoms with E-state index in [-0.39, 0.29) is 5.91 Å². The van der Waals surface area contributed by atoms with E-state index in [9.17, 15) is 4.79 Å². The highest BCUT2D eigenvalue weighted by Crippen LogP contribution is 2.39. The molecule has 1 aliphatic rings. The number of aromatic nitrogens is 1. The number of morpholine rings is 1. The lowest BCUT2D eigenvalue weighted by atomic mass is 10.0. The van der Waals surface area contributed by atoms with Gasteiger partial charge in [-0.1, -0.05) is 77.5 Å². The standard InChI is InChI=1S/C28H28ClN3O3S/c1-34-24-12-11-23(29)27-26(24)30-28(36-27)32(14-13-31-15-17-35-18-16-31)25(33)19-20-7-9-22(10-8-20)21-5-3-2-4-6-21/h2-12H,13-19H2,1H3. The molecule has 186 valence electrons. The summed E-state index contributed by atoms with van der Waals surface area (Å²) >= 11 is 7.89. The van der Waals surface area contributed by atoms with Crippen molar-refractivity contribution in [2.75, 3.05) is 51.4 Å². The Morgan fingerprint density at radius 1 is 1.06 bits per heavy atom. The van der Waals surface area contributed by atoms with Gasteiger partial charge in [0.15, 0.2) is 5.13 Å². The molecule has 1 aromatic heterocycles. The van der Waals surface area contributed by atoms with Crippen LogP contribution in [0.15, 0.2) is 66.7 Å².